The Balaban J connectivity index is 2.03. The molecule has 3 rings (SSSR count). The number of aryl methyl sites for hydroxylation is 1. The summed E-state index contributed by atoms with van der Waals surface area (Å²) < 4.78 is 1.68. The van der Waals surface area contributed by atoms with E-state index in [2.05, 4.69) is 15.4 Å². The van der Waals surface area contributed by atoms with E-state index in [-0.39, 0.29) is 12.5 Å². The first-order chi connectivity index (χ1) is 10.1. The van der Waals surface area contributed by atoms with E-state index < -0.39 is 0 Å². The van der Waals surface area contributed by atoms with Crippen molar-refractivity contribution in [1.29, 1.82) is 0 Å². The lowest BCUT2D eigenvalue weighted by Gasteiger charge is -2.04. The van der Waals surface area contributed by atoms with E-state index in [1.54, 1.807) is 4.52 Å². The van der Waals surface area contributed by atoms with E-state index in [1.165, 1.54) is 18.3 Å². The lowest BCUT2D eigenvalue weighted by molar-refractivity contribution is -0.114. The Kier molecular flexibility index (Phi) is 3.44. The molecule has 108 valence electrons. The Labute approximate surface area is 125 Å². The van der Waals surface area contributed by atoms with Gasteiger partial charge in [-0.1, -0.05) is 23.5 Å². The zero-order chi connectivity index (χ0) is 15.0. The van der Waals surface area contributed by atoms with E-state index in [0.717, 1.165) is 21.2 Å². The minimum Gasteiger partial charge on any atom is -0.390 e. The van der Waals surface area contributed by atoms with Crippen molar-refractivity contribution in [3.63, 3.8) is 0 Å². The molecule has 21 heavy (non-hydrogen) atoms. The predicted octanol–water partition coefficient (Wildman–Crippen LogP) is 2.22. The van der Waals surface area contributed by atoms with Crippen LogP contribution >= 0.6 is 11.3 Å². The highest BCUT2D eigenvalue weighted by atomic mass is 32.1. The quantitative estimate of drug-likeness (QED) is 0.777. The van der Waals surface area contributed by atoms with Gasteiger partial charge in [0.05, 0.1) is 18.0 Å². The van der Waals surface area contributed by atoms with Crippen LogP contribution in [0.4, 0.5) is 5.69 Å². The summed E-state index contributed by atoms with van der Waals surface area (Å²) in [7, 11) is 0. The Morgan fingerprint density at radius 3 is 2.71 bits per heavy atom. The number of benzene rings is 1. The fourth-order valence-electron chi connectivity index (χ4n) is 2.17. The second-order valence-electron chi connectivity index (χ2n) is 4.64. The van der Waals surface area contributed by atoms with E-state index >= 15 is 0 Å². The van der Waals surface area contributed by atoms with Crippen LogP contribution in [-0.4, -0.2) is 25.6 Å². The van der Waals surface area contributed by atoms with Crippen molar-refractivity contribution < 1.29 is 9.90 Å². The number of carbonyl (C=O) groups excluding carboxylic acids is 1. The average Bonchev–Trinajstić information content (AvgIpc) is 2.94. The van der Waals surface area contributed by atoms with Crippen LogP contribution in [0, 0.1) is 6.92 Å². The monoisotopic (exact) mass is 302 g/mol. The van der Waals surface area contributed by atoms with E-state index in [1.807, 2.05) is 31.2 Å². The Morgan fingerprint density at radius 1 is 1.38 bits per heavy atom. The van der Waals surface area contributed by atoms with E-state index in [0.29, 0.717) is 11.4 Å². The summed E-state index contributed by atoms with van der Waals surface area (Å²) in [6.45, 7) is 3.24. The molecule has 2 heterocycles. The number of nitrogens with zero attached hydrogens (tertiary/aromatic N) is 3. The smallest absolute Gasteiger partial charge is 0.221 e. The summed E-state index contributed by atoms with van der Waals surface area (Å²) in [6.07, 6.45) is 0. The molecule has 2 N–H and O–H groups in total. The molecule has 1 amide bonds. The molecule has 0 fully saturated rings. The number of imidazole rings is 1. The molecule has 0 spiro atoms. The summed E-state index contributed by atoms with van der Waals surface area (Å²) in [5.41, 5.74) is 2.99. The number of rotatable bonds is 3. The highest BCUT2D eigenvalue weighted by molar-refractivity contribution is 7.16. The summed E-state index contributed by atoms with van der Waals surface area (Å²) >= 11 is 1.48. The second-order valence-corrected chi connectivity index (χ2v) is 5.80. The zero-order valence-electron chi connectivity index (χ0n) is 11.6. The summed E-state index contributed by atoms with van der Waals surface area (Å²) in [6, 6.07) is 7.35. The molecule has 0 radical (unpaired) electrons. The van der Waals surface area contributed by atoms with Crippen LogP contribution in [0.2, 0.25) is 0 Å². The fraction of sp³-hybridized carbons (Fsp3) is 0.214. The summed E-state index contributed by atoms with van der Waals surface area (Å²) in [5, 5.41) is 17.6. The lowest BCUT2D eigenvalue weighted by Crippen LogP contribution is -2.05. The maximum absolute atomic E-state index is 11.0. The summed E-state index contributed by atoms with van der Waals surface area (Å²) in [5.74, 6) is -0.110. The van der Waals surface area contributed by atoms with Crippen molar-refractivity contribution in [2.45, 2.75) is 20.5 Å². The van der Waals surface area contributed by atoms with Gasteiger partial charge in [-0.3, -0.25) is 4.79 Å². The van der Waals surface area contributed by atoms with Crippen molar-refractivity contribution >= 4 is 27.9 Å². The van der Waals surface area contributed by atoms with Gasteiger partial charge in [-0.15, -0.1) is 0 Å². The number of fused-ring (bicyclic) bond motifs is 1. The first kappa shape index (κ1) is 13.7. The number of aromatic nitrogens is 3. The number of nitrogens with one attached hydrogen (secondary N) is 1. The first-order valence-electron chi connectivity index (χ1n) is 6.42. The lowest BCUT2D eigenvalue weighted by atomic mass is 10.1. The molecule has 2 aromatic heterocycles. The van der Waals surface area contributed by atoms with Crippen molar-refractivity contribution in [1.82, 2.24) is 14.6 Å². The third kappa shape index (κ3) is 2.53. The predicted molar refractivity (Wildman–Crippen MR) is 81.3 cm³/mol. The molecular weight excluding hydrogens is 288 g/mol. The van der Waals surface area contributed by atoms with Gasteiger partial charge >= 0.3 is 0 Å². The van der Waals surface area contributed by atoms with Crippen LogP contribution < -0.4 is 5.32 Å². The van der Waals surface area contributed by atoms with Gasteiger partial charge in [0.2, 0.25) is 10.9 Å². The van der Waals surface area contributed by atoms with Crippen molar-refractivity contribution in [3.05, 3.63) is 35.0 Å². The normalized spacial score (nSPS) is 11.0. The number of amides is 1. The molecule has 0 aliphatic heterocycles. The number of aliphatic hydroxyl groups is 1. The largest absolute Gasteiger partial charge is 0.390 e. The van der Waals surface area contributed by atoms with Gasteiger partial charge in [0.15, 0.2) is 0 Å². The third-order valence-corrected chi connectivity index (χ3v) is 3.85. The zero-order valence-corrected chi connectivity index (χ0v) is 12.4. The molecular formula is C14H14N4O2S. The second kappa shape index (κ2) is 5.27. The summed E-state index contributed by atoms with van der Waals surface area (Å²) in [4.78, 5) is 16.3. The minimum absolute atomic E-state index is 0.110. The molecule has 6 nitrogen and oxygen atoms in total. The molecule has 7 heteroatoms. The SMILES string of the molecule is CC(=O)Nc1ccc(-c2nc3sc(C)nn3c2CO)cc1. The molecule has 3 aromatic rings. The molecule has 0 saturated carbocycles. The van der Waals surface area contributed by atoms with Gasteiger partial charge in [0, 0.05) is 18.2 Å². The van der Waals surface area contributed by atoms with Gasteiger partial charge in [-0.05, 0) is 19.1 Å². The number of hydrogen-bond acceptors (Lipinski definition) is 5. The van der Waals surface area contributed by atoms with Gasteiger partial charge in [0.25, 0.3) is 0 Å². The van der Waals surface area contributed by atoms with Crippen LogP contribution in [0.5, 0.6) is 0 Å². The van der Waals surface area contributed by atoms with Crippen LogP contribution in [-0.2, 0) is 11.4 Å². The Hall–Kier alpha value is -2.25. The molecule has 0 saturated heterocycles. The average molecular weight is 302 g/mol. The maximum atomic E-state index is 11.0. The number of anilines is 1. The van der Waals surface area contributed by atoms with Crippen LogP contribution in [0.3, 0.4) is 0 Å². The topological polar surface area (TPSA) is 79.5 Å². The maximum Gasteiger partial charge on any atom is 0.221 e. The first-order valence-corrected chi connectivity index (χ1v) is 7.24. The van der Waals surface area contributed by atoms with Crippen LogP contribution in [0.15, 0.2) is 24.3 Å². The van der Waals surface area contributed by atoms with Gasteiger partial charge in [0.1, 0.15) is 5.01 Å². The standard InChI is InChI=1S/C14H14N4O2S/c1-8(20)15-11-5-3-10(4-6-11)13-12(7-19)18-14(16-13)21-9(2)17-18/h3-6,19H,7H2,1-2H3,(H,15,20). The number of aliphatic hydroxyl groups excluding tert-OH is 1. The Morgan fingerprint density at radius 2 is 2.10 bits per heavy atom. The van der Waals surface area contributed by atoms with Crippen molar-refractivity contribution in [2.75, 3.05) is 5.32 Å². The molecule has 0 atom stereocenters. The van der Waals surface area contributed by atoms with Crippen molar-refractivity contribution in [2.24, 2.45) is 0 Å². The van der Waals surface area contributed by atoms with E-state index in [9.17, 15) is 9.90 Å². The Bertz CT molecular complexity index is 804. The van der Waals surface area contributed by atoms with Crippen LogP contribution in [0.25, 0.3) is 16.2 Å². The molecule has 0 unspecified atom stereocenters. The molecule has 1 aromatic carbocycles. The molecule has 0 aliphatic rings. The van der Waals surface area contributed by atoms with E-state index in [4.69, 9.17) is 0 Å². The minimum atomic E-state index is -0.132. The molecule has 0 aliphatic carbocycles. The number of carbonyl (C=O) groups is 1. The molecule has 0 bridgehead atoms. The highest BCUT2D eigenvalue weighted by Gasteiger charge is 2.16. The fourth-order valence-corrected chi connectivity index (χ4v) is 2.93. The third-order valence-electron chi connectivity index (χ3n) is 3.03. The van der Waals surface area contributed by atoms with Crippen LogP contribution in [0.1, 0.15) is 17.6 Å². The van der Waals surface area contributed by atoms with Gasteiger partial charge < -0.3 is 10.4 Å². The highest BCUT2D eigenvalue weighted by Crippen LogP contribution is 2.27. The van der Waals surface area contributed by atoms with Gasteiger partial charge in [-0.2, -0.15) is 5.10 Å². The van der Waals surface area contributed by atoms with Gasteiger partial charge in [-0.25, -0.2) is 9.50 Å². The van der Waals surface area contributed by atoms with Crippen molar-refractivity contribution in [3.8, 4) is 11.3 Å². The number of hydrogen-bond donors (Lipinski definition) is 2.